The van der Waals surface area contributed by atoms with Crippen molar-refractivity contribution >= 4 is 38.4 Å². The molecule has 1 amide bonds. The van der Waals surface area contributed by atoms with Crippen LogP contribution in [0, 0.1) is 6.92 Å². The largest absolute Gasteiger partial charge is 0.573 e. The Hall–Kier alpha value is -2.79. The number of hydrogen-bond donors (Lipinski definition) is 1. The Morgan fingerprint density at radius 3 is 2.53 bits per heavy atom. The predicted octanol–water partition coefficient (Wildman–Crippen LogP) is 3.63. The van der Waals surface area contributed by atoms with Gasteiger partial charge in [0.25, 0.3) is 5.91 Å². The summed E-state index contributed by atoms with van der Waals surface area (Å²) in [5, 5.41) is 4.81. The highest BCUT2D eigenvalue weighted by Gasteiger charge is 2.32. The van der Waals surface area contributed by atoms with Crippen molar-refractivity contribution in [1.82, 2.24) is 14.5 Å². The van der Waals surface area contributed by atoms with Crippen molar-refractivity contribution in [2.75, 3.05) is 6.26 Å². The number of nitrogens with zero attached hydrogens (tertiary/aromatic N) is 2. The third-order valence-electron chi connectivity index (χ3n) is 4.03. The molecule has 30 heavy (non-hydrogen) atoms. The summed E-state index contributed by atoms with van der Waals surface area (Å²) in [6, 6.07) is 8.48. The summed E-state index contributed by atoms with van der Waals surface area (Å²) < 4.78 is 66.9. The molecule has 0 aliphatic heterocycles. The molecule has 2 aromatic carbocycles. The van der Waals surface area contributed by atoms with Crippen LogP contribution in [0.2, 0.25) is 5.02 Å². The Labute approximate surface area is 174 Å². The lowest BCUT2D eigenvalue weighted by molar-refractivity contribution is -0.274. The van der Waals surface area contributed by atoms with Gasteiger partial charge < -0.3 is 4.74 Å². The van der Waals surface area contributed by atoms with Crippen molar-refractivity contribution in [3.05, 3.63) is 58.2 Å². The van der Waals surface area contributed by atoms with Crippen molar-refractivity contribution < 1.29 is 31.1 Å². The molecule has 1 heterocycles. The maximum Gasteiger partial charge on any atom is 0.573 e. The van der Waals surface area contributed by atoms with Crippen molar-refractivity contribution in [3.63, 3.8) is 0 Å². The molecular weight excluding hydrogens is 447 g/mol. The van der Waals surface area contributed by atoms with Gasteiger partial charge in [0.05, 0.1) is 29.0 Å². The third kappa shape index (κ3) is 5.22. The van der Waals surface area contributed by atoms with Crippen LogP contribution in [0.4, 0.5) is 13.2 Å². The van der Waals surface area contributed by atoms with Gasteiger partial charge in [0, 0.05) is 10.9 Å². The van der Waals surface area contributed by atoms with Crippen LogP contribution in [0.5, 0.6) is 5.75 Å². The summed E-state index contributed by atoms with van der Waals surface area (Å²) in [6.45, 7) is 1.91. The van der Waals surface area contributed by atoms with Gasteiger partial charge in [-0.15, -0.1) is 13.2 Å². The Morgan fingerprint density at radius 1 is 1.23 bits per heavy atom. The first kappa shape index (κ1) is 21.9. The van der Waals surface area contributed by atoms with Crippen LogP contribution in [0.25, 0.3) is 10.9 Å². The fourth-order valence-electron chi connectivity index (χ4n) is 2.85. The van der Waals surface area contributed by atoms with E-state index in [4.69, 9.17) is 11.6 Å². The van der Waals surface area contributed by atoms with Crippen LogP contribution in [0.1, 0.15) is 21.6 Å². The first-order chi connectivity index (χ1) is 13.8. The second-order valence-electron chi connectivity index (χ2n) is 6.49. The number of nitrogens with one attached hydrogen (secondary N) is 1. The minimum Gasteiger partial charge on any atom is -0.404 e. The van der Waals surface area contributed by atoms with E-state index < -0.39 is 28.0 Å². The Bertz CT molecular complexity index is 1240. The molecule has 0 fully saturated rings. The number of alkyl halides is 3. The van der Waals surface area contributed by atoms with Crippen LogP contribution in [-0.2, 0) is 16.6 Å². The van der Waals surface area contributed by atoms with Crippen LogP contribution in [0.3, 0.4) is 0 Å². The number of amides is 1. The van der Waals surface area contributed by atoms with Gasteiger partial charge in [0.15, 0.2) is 0 Å². The monoisotopic (exact) mass is 461 g/mol. The van der Waals surface area contributed by atoms with Gasteiger partial charge in [0.2, 0.25) is 10.0 Å². The summed E-state index contributed by atoms with van der Waals surface area (Å²) in [4.78, 5) is 12.1. The molecule has 0 aliphatic rings. The molecule has 0 aliphatic carbocycles. The highest BCUT2D eigenvalue weighted by atomic mass is 35.5. The molecule has 0 saturated heterocycles. The van der Waals surface area contributed by atoms with Crippen LogP contribution in [0.15, 0.2) is 36.4 Å². The number of ether oxygens (including phenoxy) is 1. The number of aromatic nitrogens is 2. The number of carbonyl (C=O) groups is 1. The average Bonchev–Trinajstić information content (AvgIpc) is 2.90. The lowest BCUT2D eigenvalue weighted by Gasteiger charge is -2.11. The first-order valence-electron chi connectivity index (χ1n) is 8.36. The van der Waals surface area contributed by atoms with E-state index in [-0.39, 0.29) is 17.1 Å². The van der Waals surface area contributed by atoms with E-state index in [2.05, 4.69) is 9.84 Å². The van der Waals surface area contributed by atoms with Crippen LogP contribution < -0.4 is 9.46 Å². The van der Waals surface area contributed by atoms with Crippen molar-refractivity contribution in [1.29, 1.82) is 0 Å². The fourth-order valence-corrected chi connectivity index (χ4v) is 3.55. The number of rotatable bonds is 5. The average molecular weight is 462 g/mol. The fraction of sp³-hybridized carbons (Fsp3) is 0.222. The standard InChI is InChI=1S/C18H15ClF3N3O4S/c1-10-13-8-12(17(26)24-30(2,27)28)4-5-15(13)25(23-10)9-11-3-6-16(14(19)7-11)29-18(20,21)22/h3-8H,9H2,1-2H3,(H,24,26). The molecule has 0 atom stereocenters. The van der Waals surface area contributed by atoms with Crippen LogP contribution >= 0.6 is 11.6 Å². The molecular formula is C18H15ClF3N3O4S. The van der Waals surface area contributed by atoms with E-state index >= 15 is 0 Å². The smallest absolute Gasteiger partial charge is 0.404 e. The molecule has 0 spiro atoms. The second kappa shape index (κ2) is 7.80. The van der Waals surface area contributed by atoms with Gasteiger partial charge in [-0.3, -0.25) is 9.48 Å². The topological polar surface area (TPSA) is 90.3 Å². The summed E-state index contributed by atoms with van der Waals surface area (Å²) in [5.74, 6) is -1.27. The van der Waals surface area contributed by atoms with E-state index in [1.807, 2.05) is 4.72 Å². The number of sulfonamides is 1. The van der Waals surface area contributed by atoms with E-state index in [0.717, 1.165) is 12.3 Å². The number of fused-ring (bicyclic) bond motifs is 1. The zero-order valence-electron chi connectivity index (χ0n) is 15.6. The van der Waals surface area contributed by atoms with Gasteiger partial charge in [-0.1, -0.05) is 17.7 Å². The summed E-state index contributed by atoms with van der Waals surface area (Å²) in [5.41, 5.74) is 1.96. The lowest BCUT2D eigenvalue weighted by Crippen LogP contribution is -2.29. The van der Waals surface area contributed by atoms with Crippen LogP contribution in [-0.4, -0.2) is 36.7 Å². The molecule has 1 aromatic heterocycles. The molecule has 3 rings (SSSR count). The Morgan fingerprint density at radius 2 is 1.93 bits per heavy atom. The van der Waals surface area contributed by atoms with Gasteiger partial charge in [0.1, 0.15) is 5.75 Å². The molecule has 0 saturated carbocycles. The van der Waals surface area contributed by atoms with Gasteiger partial charge in [-0.05, 0) is 42.8 Å². The zero-order valence-corrected chi connectivity index (χ0v) is 17.2. The van der Waals surface area contributed by atoms with Gasteiger partial charge >= 0.3 is 6.36 Å². The molecule has 3 aromatic rings. The maximum absolute atomic E-state index is 12.4. The highest BCUT2D eigenvalue weighted by Crippen LogP contribution is 2.31. The third-order valence-corrected chi connectivity index (χ3v) is 4.88. The lowest BCUT2D eigenvalue weighted by atomic mass is 10.1. The quantitative estimate of drug-likeness (QED) is 0.626. The molecule has 0 bridgehead atoms. The number of carbonyl (C=O) groups excluding carboxylic acids is 1. The molecule has 160 valence electrons. The zero-order chi connectivity index (χ0) is 22.3. The molecule has 7 nitrogen and oxygen atoms in total. The van der Waals surface area contributed by atoms with Crippen molar-refractivity contribution in [3.8, 4) is 5.75 Å². The number of hydrogen-bond acceptors (Lipinski definition) is 5. The number of benzene rings is 2. The molecule has 1 N–H and O–H groups in total. The molecule has 0 radical (unpaired) electrons. The van der Waals surface area contributed by atoms with E-state index in [0.29, 0.717) is 22.2 Å². The SMILES string of the molecule is Cc1nn(Cc2ccc(OC(F)(F)F)c(Cl)c2)c2ccc(C(=O)NS(C)(=O)=O)cc12. The van der Waals surface area contributed by atoms with E-state index in [1.165, 1.54) is 24.3 Å². The maximum atomic E-state index is 12.4. The van der Waals surface area contributed by atoms with Gasteiger partial charge in [-0.2, -0.15) is 5.10 Å². The highest BCUT2D eigenvalue weighted by molar-refractivity contribution is 7.89. The molecule has 12 heteroatoms. The number of aryl methyl sites for hydroxylation is 1. The van der Waals surface area contributed by atoms with Gasteiger partial charge in [-0.25, -0.2) is 13.1 Å². The van der Waals surface area contributed by atoms with Crippen molar-refractivity contribution in [2.24, 2.45) is 0 Å². The van der Waals surface area contributed by atoms with Crippen molar-refractivity contribution in [2.45, 2.75) is 19.8 Å². The normalized spacial score (nSPS) is 12.2. The minimum atomic E-state index is -4.85. The van der Waals surface area contributed by atoms with E-state index in [9.17, 15) is 26.4 Å². The summed E-state index contributed by atoms with van der Waals surface area (Å²) >= 11 is 5.89. The molecule has 0 unspecified atom stereocenters. The first-order valence-corrected chi connectivity index (χ1v) is 10.6. The Kier molecular flexibility index (Phi) is 5.70. The predicted molar refractivity (Wildman–Crippen MR) is 104 cm³/mol. The summed E-state index contributed by atoms with van der Waals surface area (Å²) in [7, 11) is -3.70. The Balaban J connectivity index is 1.89. The number of halogens is 4. The van der Waals surface area contributed by atoms with E-state index in [1.54, 1.807) is 17.7 Å². The summed E-state index contributed by atoms with van der Waals surface area (Å²) in [6.07, 6.45) is -3.97. The second-order valence-corrected chi connectivity index (χ2v) is 8.65. The minimum absolute atomic E-state index is 0.146.